The monoisotopic (exact) mass is 700 g/mol. The number of hydrogen-bond donors (Lipinski definition) is 1. The average molecular weight is 701 g/mol. The van der Waals surface area contributed by atoms with E-state index in [4.69, 9.17) is 31.5 Å². The number of ether oxygens (including phenoxy) is 3. The molecule has 0 bridgehead atoms. The number of halogens is 3. The van der Waals surface area contributed by atoms with Crippen LogP contribution in [0.25, 0.3) is 0 Å². The molecule has 2 fully saturated rings. The van der Waals surface area contributed by atoms with Crippen molar-refractivity contribution in [1.29, 1.82) is 0 Å². The van der Waals surface area contributed by atoms with Crippen molar-refractivity contribution < 1.29 is 32.6 Å². The zero-order chi connectivity index (χ0) is 34.9. The third-order valence-corrected chi connectivity index (χ3v) is 9.00. The molecular weight excluding hydrogens is 658 g/mol. The topological polar surface area (TPSA) is 114 Å². The fourth-order valence-electron chi connectivity index (χ4n) is 5.75. The summed E-state index contributed by atoms with van der Waals surface area (Å²) in [7, 11) is 0. The second-order valence-corrected chi connectivity index (χ2v) is 12.6. The lowest BCUT2D eigenvalue weighted by Crippen LogP contribution is -2.50. The van der Waals surface area contributed by atoms with Crippen LogP contribution in [0.2, 0.25) is 5.02 Å². The lowest BCUT2D eigenvalue weighted by molar-refractivity contribution is -0.0629. The van der Waals surface area contributed by atoms with E-state index >= 15 is 0 Å². The molecule has 3 aromatic rings. The van der Waals surface area contributed by atoms with Crippen LogP contribution in [-0.2, 0) is 15.9 Å². The summed E-state index contributed by atoms with van der Waals surface area (Å²) in [6.07, 6.45) is 0.260. The molecule has 0 aliphatic carbocycles. The Hall–Kier alpha value is -3.72. The first-order chi connectivity index (χ1) is 23.6. The molecule has 2 N–H and O–H groups in total. The molecule has 2 saturated heterocycles. The summed E-state index contributed by atoms with van der Waals surface area (Å²) in [5, 5.41) is -0.243. The van der Waals surface area contributed by atoms with Crippen LogP contribution in [0.5, 0.6) is 5.75 Å². The van der Waals surface area contributed by atoms with Crippen molar-refractivity contribution in [3.63, 3.8) is 0 Å². The van der Waals surface area contributed by atoms with Gasteiger partial charge in [-0.1, -0.05) is 23.7 Å². The Morgan fingerprint density at radius 2 is 1.47 bits per heavy atom. The highest BCUT2D eigenvalue weighted by Gasteiger charge is 2.24. The maximum atomic E-state index is 14.5. The number of nitrogen functional groups attached to an aromatic ring is 1. The summed E-state index contributed by atoms with van der Waals surface area (Å²) in [4.78, 5) is 39.0. The summed E-state index contributed by atoms with van der Waals surface area (Å²) >= 11 is 5.82. The third-order valence-electron chi connectivity index (χ3n) is 8.71. The van der Waals surface area contributed by atoms with Crippen molar-refractivity contribution in [2.45, 2.75) is 26.4 Å². The second-order valence-electron chi connectivity index (χ2n) is 12.2. The number of piperazine rings is 2. The van der Waals surface area contributed by atoms with Gasteiger partial charge in [0, 0.05) is 82.7 Å². The number of rotatable bonds is 14. The van der Waals surface area contributed by atoms with Crippen molar-refractivity contribution in [2.75, 3.05) is 84.9 Å². The van der Waals surface area contributed by atoms with Gasteiger partial charge in [-0.15, -0.1) is 0 Å². The summed E-state index contributed by atoms with van der Waals surface area (Å²) in [5.41, 5.74) is 7.05. The van der Waals surface area contributed by atoms with Gasteiger partial charge in [0.25, 0.3) is 5.91 Å². The van der Waals surface area contributed by atoms with Crippen molar-refractivity contribution in [2.24, 2.45) is 0 Å². The van der Waals surface area contributed by atoms with Crippen molar-refractivity contribution in [1.82, 2.24) is 24.6 Å². The first-order valence-corrected chi connectivity index (χ1v) is 16.8. The molecule has 1 aromatic heterocycles. The molecule has 0 spiro atoms. The van der Waals surface area contributed by atoms with E-state index in [0.717, 1.165) is 58.0 Å². The minimum Gasteiger partial charge on any atom is -0.482 e. The fourth-order valence-corrected chi connectivity index (χ4v) is 5.91. The van der Waals surface area contributed by atoms with E-state index in [1.54, 1.807) is 24.3 Å². The zero-order valence-electron chi connectivity index (χ0n) is 27.9. The van der Waals surface area contributed by atoms with E-state index in [2.05, 4.69) is 19.7 Å². The highest BCUT2D eigenvalue weighted by atomic mass is 35.5. The second kappa shape index (κ2) is 17.3. The number of ketones is 1. The SMILES string of the molecule is CCOCN1CCN(COCN2CCN(C(=O)c3ccc(CC(=O)c4cnc(N)c(O[C@H](C)c5c(F)ccc(Cl)c5F)c4)cc3)CC2)CC1. The number of aromatic nitrogens is 1. The Morgan fingerprint density at radius 3 is 2.08 bits per heavy atom. The Kier molecular flexibility index (Phi) is 12.9. The number of nitrogens with two attached hydrogens (primary N) is 1. The molecular formula is C35H43ClF2N6O5. The first kappa shape index (κ1) is 36.6. The molecule has 14 heteroatoms. The van der Waals surface area contributed by atoms with Gasteiger partial charge in [-0.05, 0) is 49.7 Å². The van der Waals surface area contributed by atoms with Gasteiger partial charge in [-0.2, -0.15) is 0 Å². The Balaban J connectivity index is 1.07. The normalized spacial score (nSPS) is 16.9. The quantitative estimate of drug-likeness (QED) is 0.191. The van der Waals surface area contributed by atoms with E-state index in [1.165, 1.54) is 19.2 Å². The number of amides is 1. The molecule has 1 atom stereocenters. The molecule has 0 unspecified atom stereocenters. The average Bonchev–Trinajstić information content (AvgIpc) is 3.11. The number of anilines is 1. The highest BCUT2D eigenvalue weighted by Crippen LogP contribution is 2.32. The van der Waals surface area contributed by atoms with Gasteiger partial charge in [-0.3, -0.25) is 24.3 Å². The molecule has 3 heterocycles. The molecule has 264 valence electrons. The van der Waals surface area contributed by atoms with Crippen LogP contribution < -0.4 is 10.5 Å². The van der Waals surface area contributed by atoms with Gasteiger partial charge in [0.15, 0.2) is 23.2 Å². The fraction of sp³-hybridized carbons (Fsp3) is 0.457. The van der Waals surface area contributed by atoms with Crippen molar-refractivity contribution in [3.05, 3.63) is 87.6 Å². The minimum atomic E-state index is -1.10. The largest absolute Gasteiger partial charge is 0.482 e. The number of benzene rings is 2. The number of carbonyl (C=O) groups is 2. The molecule has 11 nitrogen and oxygen atoms in total. The van der Waals surface area contributed by atoms with Crippen molar-refractivity contribution in [3.8, 4) is 5.75 Å². The molecule has 0 saturated carbocycles. The Morgan fingerprint density at radius 1 is 0.878 bits per heavy atom. The summed E-state index contributed by atoms with van der Waals surface area (Å²) < 4.78 is 46.0. The van der Waals surface area contributed by atoms with Gasteiger partial charge in [0.05, 0.1) is 17.3 Å². The lowest BCUT2D eigenvalue weighted by Gasteiger charge is -2.36. The van der Waals surface area contributed by atoms with E-state index in [1.807, 2.05) is 11.8 Å². The van der Waals surface area contributed by atoms with E-state index in [0.29, 0.717) is 44.4 Å². The predicted molar refractivity (Wildman–Crippen MR) is 181 cm³/mol. The van der Waals surface area contributed by atoms with Crippen LogP contribution in [0.4, 0.5) is 14.6 Å². The van der Waals surface area contributed by atoms with E-state index in [-0.39, 0.29) is 45.8 Å². The first-order valence-electron chi connectivity index (χ1n) is 16.4. The zero-order valence-corrected chi connectivity index (χ0v) is 28.6. The van der Waals surface area contributed by atoms with Crippen LogP contribution in [0.3, 0.4) is 0 Å². The van der Waals surface area contributed by atoms with Gasteiger partial charge >= 0.3 is 0 Å². The summed E-state index contributed by atoms with van der Waals surface area (Å²) in [6.45, 7) is 12.5. The van der Waals surface area contributed by atoms with Crippen LogP contribution in [-0.4, -0.2) is 115 Å². The number of carbonyl (C=O) groups excluding carboxylic acids is 2. The Labute approximate surface area is 290 Å². The molecule has 2 aromatic carbocycles. The smallest absolute Gasteiger partial charge is 0.253 e. The van der Waals surface area contributed by atoms with E-state index < -0.39 is 17.7 Å². The molecule has 1 amide bonds. The molecule has 2 aliphatic heterocycles. The summed E-state index contributed by atoms with van der Waals surface area (Å²) in [6, 6.07) is 10.5. The standard InChI is InChI=1S/C35H43ClF2N6O5/c1-3-47-21-41-10-12-42(13-11-41)22-48-23-43-14-16-44(17-15-43)35(46)26-6-4-25(5-7-26)18-30(45)27-19-31(34(39)40-20-27)49-24(2)32-29(37)9-8-28(36)33(32)38/h4-9,19-20,24H,3,10-18,21-23H2,1-2H3,(H2,39,40)/t24-/m1/s1. The van der Waals surface area contributed by atoms with Gasteiger partial charge < -0.3 is 24.8 Å². The van der Waals surface area contributed by atoms with Crippen molar-refractivity contribution >= 4 is 29.1 Å². The van der Waals surface area contributed by atoms with Gasteiger partial charge in [0.2, 0.25) is 0 Å². The highest BCUT2D eigenvalue weighted by molar-refractivity contribution is 6.30. The lowest BCUT2D eigenvalue weighted by atomic mass is 10.0. The maximum absolute atomic E-state index is 14.5. The number of Topliss-reactive ketones (excluding diaryl/α,β-unsaturated/α-hetero) is 1. The van der Waals surface area contributed by atoms with Gasteiger partial charge in [-0.25, -0.2) is 13.8 Å². The third kappa shape index (κ3) is 9.71. The number of hydrogen-bond acceptors (Lipinski definition) is 10. The minimum absolute atomic E-state index is 0.0110. The molecule has 0 radical (unpaired) electrons. The maximum Gasteiger partial charge on any atom is 0.253 e. The molecule has 5 rings (SSSR count). The molecule has 2 aliphatic rings. The predicted octanol–water partition coefficient (Wildman–Crippen LogP) is 4.46. The van der Waals surface area contributed by atoms with E-state index in [9.17, 15) is 18.4 Å². The van der Waals surface area contributed by atoms with Crippen LogP contribution in [0.15, 0.2) is 48.7 Å². The summed E-state index contributed by atoms with van der Waals surface area (Å²) in [5.74, 6) is -2.11. The van der Waals surface area contributed by atoms with Gasteiger partial charge in [0.1, 0.15) is 25.4 Å². The van der Waals surface area contributed by atoms with Crippen LogP contribution in [0, 0.1) is 11.6 Å². The van der Waals surface area contributed by atoms with Crippen LogP contribution in [0.1, 0.15) is 51.8 Å². The number of pyridine rings is 1. The Bertz CT molecular complexity index is 1580. The number of nitrogens with zero attached hydrogens (tertiary/aromatic N) is 5. The molecule has 49 heavy (non-hydrogen) atoms. The van der Waals surface area contributed by atoms with Crippen LogP contribution >= 0.6 is 11.6 Å².